The average molecular weight is 298 g/mol. The van der Waals surface area contributed by atoms with E-state index in [4.69, 9.17) is 16.0 Å². The molecule has 0 atom stereocenters. The van der Waals surface area contributed by atoms with Crippen molar-refractivity contribution in [3.8, 4) is 17.1 Å². The van der Waals surface area contributed by atoms with Gasteiger partial charge in [0.1, 0.15) is 5.52 Å². The summed E-state index contributed by atoms with van der Waals surface area (Å²) in [4.78, 5) is 11.7. The Morgan fingerprint density at radius 2 is 2.00 bits per heavy atom. The van der Waals surface area contributed by atoms with E-state index < -0.39 is 6.61 Å². The van der Waals surface area contributed by atoms with Crippen LogP contribution in [0.4, 0.5) is 8.78 Å². The van der Waals surface area contributed by atoms with E-state index in [1.807, 2.05) is 0 Å². The Bertz CT molecular complexity index is 746. The number of oxazole rings is 1. The monoisotopic (exact) mass is 297 g/mol. The molecule has 0 saturated carbocycles. The molecular weight excluding hydrogens is 292 g/mol. The van der Waals surface area contributed by atoms with Crippen molar-refractivity contribution in [2.24, 2.45) is 0 Å². The van der Waals surface area contributed by atoms with Crippen molar-refractivity contribution in [1.82, 2.24) is 15.0 Å². The smallest absolute Gasteiger partial charge is 0.388 e. The van der Waals surface area contributed by atoms with Gasteiger partial charge in [0.05, 0.1) is 23.1 Å². The lowest BCUT2D eigenvalue weighted by Crippen LogP contribution is -2.03. The van der Waals surface area contributed by atoms with E-state index in [1.54, 1.807) is 12.1 Å². The van der Waals surface area contributed by atoms with Crippen molar-refractivity contribution in [1.29, 1.82) is 0 Å². The molecule has 0 aliphatic rings. The standard InChI is InChI=1S/C12H6ClF2N3O2/c13-7-2-1-6(11-10(7)18-5-19-11)8-3-17-9(4-16-8)20-12(14)15/h1-5,12H. The molecule has 5 nitrogen and oxygen atoms in total. The molecule has 0 aliphatic heterocycles. The number of benzene rings is 1. The molecule has 0 spiro atoms. The van der Waals surface area contributed by atoms with Gasteiger partial charge >= 0.3 is 6.61 Å². The Labute approximate surface area is 116 Å². The van der Waals surface area contributed by atoms with Crippen LogP contribution in [0.5, 0.6) is 5.88 Å². The van der Waals surface area contributed by atoms with Gasteiger partial charge in [-0.25, -0.2) is 15.0 Å². The third-order valence-electron chi connectivity index (χ3n) is 2.55. The molecule has 0 aliphatic carbocycles. The van der Waals surface area contributed by atoms with Gasteiger partial charge in [-0.3, -0.25) is 0 Å². The van der Waals surface area contributed by atoms with Gasteiger partial charge in [0, 0.05) is 5.56 Å². The lowest BCUT2D eigenvalue weighted by atomic mass is 10.1. The molecule has 3 aromatic rings. The van der Waals surface area contributed by atoms with Crippen molar-refractivity contribution in [2.45, 2.75) is 6.61 Å². The minimum atomic E-state index is -2.94. The summed E-state index contributed by atoms with van der Waals surface area (Å²) in [5.74, 6) is -0.258. The molecule has 20 heavy (non-hydrogen) atoms. The second kappa shape index (κ2) is 5.01. The molecule has 2 heterocycles. The second-order valence-corrected chi connectivity index (χ2v) is 4.15. The zero-order valence-corrected chi connectivity index (χ0v) is 10.5. The zero-order chi connectivity index (χ0) is 14.1. The molecule has 0 unspecified atom stereocenters. The number of fused-ring (bicyclic) bond motifs is 1. The van der Waals surface area contributed by atoms with Crippen LogP contribution in [0.15, 0.2) is 35.3 Å². The average Bonchev–Trinajstić information content (AvgIpc) is 2.90. The highest BCUT2D eigenvalue weighted by Crippen LogP contribution is 2.31. The number of ether oxygens (including phenoxy) is 1. The Hall–Kier alpha value is -2.28. The van der Waals surface area contributed by atoms with E-state index in [9.17, 15) is 8.78 Å². The first-order valence-corrected chi connectivity index (χ1v) is 5.82. The van der Waals surface area contributed by atoms with Crippen LogP contribution in [0, 0.1) is 0 Å². The van der Waals surface area contributed by atoms with Gasteiger partial charge in [-0.2, -0.15) is 8.78 Å². The molecule has 8 heteroatoms. The number of rotatable bonds is 3. The topological polar surface area (TPSA) is 61.0 Å². The maximum absolute atomic E-state index is 12.0. The van der Waals surface area contributed by atoms with Crippen molar-refractivity contribution < 1.29 is 17.9 Å². The Balaban J connectivity index is 2.03. The molecule has 0 bridgehead atoms. The van der Waals surface area contributed by atoms with Crippen LogP contribution in [0.3, 0.4) is 0 Å². The summed E-state index contributed by atoms with van der Waals surface area (Å²) < 4.78 is 33.5. The molecule has 0 saturated heterocycles. The molecule has 0 fully saturated rings. The summed E-state index contributed by atoms with van der Waals surface area (Å²) in [7, 11) is 0. The Morgan fingerprint density at radius 1 is 1.15 bits per heavy atom. The Morgan fingerprint density at radius 3 is 2.70 bits per heavy atom. The van der Waals surface area contributed by atoms with Crippen molar-refractivity contribution in [2.75, 3.05) is 0 Å². The van der Waals surface area contributed by atoms with Crippen LogP contribution in [0.2, 0.25) is 5.02 Å². The summed E-state index contributed by atoms with van der Waals surface area (Å²) >= 11 is 5.98. The van der Waals surface area contributed by atoms with Crippen LogP contribution < -0.4 is 4.74 Å². The summed E-state index contributed by atoms with van der Waals surface area (Å²) in [6.07, 6.45) is 3.68. The SMILES string of the molecule is FC(F)Oc1cnc(-c2ccc(Cl)c3ncoc23)cn1. The quantitative estimate of drug-likeness (QED) is 0.740. The number of halogens is 3. The lowest BCUT2D eigenvalue weighted by Gasteiger charge is -2.04. The van der Waals surface area contributed by atoms with Crippen LogP contribution in [0.1, 0.15) is 0 Å². The largest absolute Gasteiger partial charge is 0.443 e. The predicted molar refractivity (Wildman–Crippen MR) is 66.7 cm³/mol. The fourth-order valence-corrected chi connectivity index (χ4v) is 1.93. The summed E-state index contributed by atoms with van der Waals surface area (Å²) in [5.41, 5.74) is 2.00. The molecule has 0 radical (unpaired) electrons. The first-order valence-electron chi connectivity index (χ1n) is 5.44. The fraction of sp³-hybridized carbons (Fsp3) is 0.0833. The molecule has 0 N–H and O–H groups in total. The van der Waals surface area contributed by atoms with Crippen molar-refractivity contribution in [3.63, 3.8) is 0 Å². The maximum Gasteiger partial charge on any atom is 0.388 e. The van der Waals surface area contributed by atoms with Gasteiger partial charge in [-0.1, -0.05) is 11.6 Å². The minimum absolute atomic E-state index is 0.258. The molecule has 0 amide bonds. The van der Waals surface area contributed by atoms with Crippen LogP contribution >= 0.6 is 11.6 Å². The van der Waals surface area contributed by atoms with Gasteiger partial charge in [0.2, 0.25) is 5.88 Å². The van der Waals surface area contributed by atoms with E-state index in [0.717, 1.165) is 6.20 Å². The molecule has 102 valence electrons. The molecule has 1 aromatic carbocycles. The van der Waals surface area contributed by atoms with Crippen molar-refractivity contribution >= 4 is 22.7 Å². The highest BCUT2D eigenvalue weighted by atomic mass is 35.5. The third-order valence-corrected chi connectivity index (χ3v) is 2.85. The number of nitrogens with zero attached hydrogens (tertiary/aromatic N) is 3. The second-order valence-electron chi connectivity index (χ2n) is 3.74. The number of aromatic nitrogens is 3. The van der Waals surface area contributed by atoms with Gasteiger partial charge in [-0.05, 0) is 12.1 Å². The van der Waals surface area contributed by atoms with E-state index in [2.05, 4.69) is 19.7 Å². The van der Waals surface area contributed by atoms with Gasteiger partial charge < -0.3 is 9.15 Å². The fourth-order valence-electron chi connectivity index (χ4n) is 1.73. The summed E-state index contributed by atoms with van der Waals surface area (Å²) in [6, 6.07) is 3.33. The number of hydrogen-bond donors (Lipinski definition) is 0. The van der Waals surface area contributed by atoms with Crippen LogP contribution in [-0.4, -0.2) is 21.6 Å². The highest BCUT2D eigenvalue weighted by Gasteiger charge is 2.13. The molecular formula is C12H6ClF2N3O2. The molecule has 2 aromatic heterocycles. The normalized spacial score (nSPS) is 11.2. The number of alkyl halides is 2. The van der Waals surface area contributed by atoms with E-state index in [-0.39, 0.29) is 5.88 Å². The van der Waals surface area contributed by atoms with Crippen LogP contribution in [-0.2, 0) is 0 Å². The zero-order valence-electron chi connectivity index (χ0n) is 9.76. The van der Waals surface area contributed by atoms with E-state index in [1.165, 1.54) is 12.6 Å². The van der Waals surface area contributed by atoms with Gasteiger partial charge in [0.15, 0.2) is 12.0 Å². The first kappa shape index (κ1) is 12.7. The Kier molecular flexibility index (Phi) is 3.19. The van der Waals surface area contributed by atoms with E-state index >= 15 is 0 Å². The maximum atomic E-state index is 12.0. The number of hydrogen-bond acceptors (Lipinski definition) is 5. The molecule has 3 rings (SSSR count). The lowest BCUT2D eigenvalue weighted by molar-refractivity contribution is -0.0530. The van der Waals surface area contributed by atoms with E-state index in [0.29, 0.717) is 27.4 Å². The van der Waals surface area contributed by atoms with Gasteiger partial charge in [-0.15, -0.1) is 0 Å². The van der Waals surface area contributed by atoms with Crippen molar-refractivity contribution in [3.05, 3.63) is 35.9 Å². The summed E-state index contributed by atoms with van der Waals surface area (Å²) in [6.45, 7) is -2.94. The third kappa shape index (κ3) is 2.27. The van der Waals surface area contributed by atoms with Gasteiger partial charge in [0.25, 0.3) is 0 Å². The summed E-state index contributed by atoms with van der Waals surface area (Å²) in [5, 5.41) is 0.447. The van der Waals surface area contributed by atoms with Crippen LogP contribution in [0.25, 0.3) is 22.4 Å². The first-order chi connectivity index (χ1) is 9.65. The highest BCUT2D eigenvalue weighted by molar-refractivity contribution is 6.35. The predicted octanol–water partition coefficient (Wildman–Crippen LogP) is 3.54. The minimum Gasteiger partial charge on any atom is -0.443 e.